The summed E-state index contributed by atoms with van der Waals surface area (Å²) in [4.78, 5) is 8.77. The third-order valence-corrected chi connectivity index (χ3v) is 9.02. The number of nitrogens with one attached hydrogen (secondary N) is 3. The van der Waals surface area contributed by atoms with E-state index in [1.165, 1.54) is 6.07 Å². The summed E-state index contributed by atoms with van der Waals surface area (Å²) in [5, 5.41) is 10.7. The Balaban J connectivity index is 1.44. The highest BCUT2D eigenvalue weighted by Gasteiger charge is 2.45. The van der Waals surface area contributed by atoms with Crippen LogP contribution in [0.1, 0.15) is 23.1 Å². The highest BCUT2D eigenvalue weighted by molar-refractivity contribution is 7.90. The van der Waals surface area contributed by atoms with Crippen LogP contribution in [0.25, 0.3) is 0 Å². The second kappa shape index (κ2) is 9.70. The fraction of sp³-hybridized carbons (Fsp3) is 0.273. The molecule has 1 aromatic heterocycles. The molecule has 0 spiro atoms. The lowest BCUT2D eigenvalue weighted by Crippen LogP contribution is -2.27. The van der Waals surface area contributed by atoms with Crippen molar-refractivity contribution in [3.63, 3.8) is 0 Å². The molecule has 35 heavy (non-hydrogen) atoms. The van der Waals surface area contributed by atoms with Gasteiger partial charge in [0.25, 0.3) is 0 Å². The number of aryl methyl sites for hydroxylation is 2. The van der Waals surface area contributed by atoms with Crippen LogP contribution in [0.15, 0.2) is 53.6 Å². The lowest BCUT2D eigenvalue weighted by atomic mass is 10.2. The molecule has 1 heterocycles. The normalized spacial score (nSPS) is 17.7. The Bertz CT molecular complexity index is 1460. The van der Waals surface area contributed by atoms with Gasteiger partial charge in [-0.15, -0.1) is 11.6 Å². The van der Waals surface area contributed by atoms with Gasteiger partial charge < -0.3 is 10.6 Å². The van der Waals surface area contributed by atoms with Gasteiger partial charge in [-0.3, -0.25) is 0 Å². The maximum absolute atomic E-state index is 12.1. The number of aromatic nitrogens is 2. The minimum absolute atomic E-state index is 0.0231. The Hall–Kier alpha value is -2.77. The molecule has 2 aromatic carbocycles. The fourth-order valence-electron chi connectivity index (χ4n) is 3.34. The van der Waals surface area contributed by atoms with Gasteiger partial charge in [-0.1, -0.05) is 18.2 Å². The molecule has 0 aliphatic heterocycles. The molecule has 0 saturated heterocycles. The van der Waals surface area contributed by atoms with E-state index >= 15 is 0 Å². The number of halogens is 1. The number of anilines is 4. The largest absolute Gasteiger partial charge is 0.340 e. The number of rotatable bonds is 9. The average Bonchev–Trinajstić information content (AvgIpc) is 3.54. The zero-order valence-electron chi connectivity index (χ0n) is 19.0. The maximum atomic E-state index is 12.1. The number of nitrogens with two attached hydrogens (primary N) is 1. The first kappa shape index (κ1) is 25.3. The molecule has 10 nitrogen and oxygen atoms in total. The minimum Gasteiger partial charge on any atom is -0.340 e. The topological polar surface area (TPSA) is 156 Å². The van der Waals surface area contributed by atoms with Gasteiger partial charge in [0, 0.05) is 29.7 Å². The van der Waals surface area contributed by atoms with Gasteiger partial charge in [0.15, 0.2) is 0 Å². The Morgan fingerprint density at radius 2 is 1.66 bits per heavy atom. The molecule has 3 aromatic rings. The van der Waals surface area contributed by atoms with Crippen molar-refractivity contribution in [2.75, 3.05) is 10.6 Å². The molecule has 5 N–H and O–H groups in total. The van der Waals surface area contributed by atoms with Gasteiger partial charge in [-0.2, -0.15) is 4.98 Å². The number of hydrogen-bond acceptors (Lipinski definition) is 8. The quantitative estimate of drug-likeness (QED) is 0.304. The van der Waals surface area contributed by atoms with Crippen LogP contribution in [0, 0.1) is 13.8 Å². The Morgan fingerprint density at radius 3 is 2.29 bits per heavy atom. The summed E-state index contributed by atoms with van der Waals surface area (Å²) in [6, 6.07) is 12.1. The second-order valence-electron chi connectivity index (χ2n) is 8.35. The highest BCUT2D eigenvalue weighted by atomic mass is 35.5. The zero-order valence-corrected chi connectivity index (χ0v) is 21.4. The Morgan fingerprint density at radius 1 is 1.00 bits per heavy atom. The van der Waals surface area contributed by atoms with Crippen LogP contribution < -0.4 is 20.5 Å². The smallest absolute Gasteiger partial charge is 0.238 e. The van der Waals surface area contributed by atoms with E-state index in [2.05, 4.69) is 25.3 Å². The van der Waals surface area contributed by atoms with Crippen molar-refractivity contribution >= 4 is 54.8 Å². The summed E-state index contributed by atoms with van der Waals surface area (Å²) in [6.45, 7) is 3.69. The average molecular weight is 537 g/mol. The summed E-state index contributed by atoms with van der Waals surface area (Å²) < 4.78 is 50.4. The second-order valence-corrected chi connectivity index (χ2v) is 12.4. The number of nitrogens with zero attached hydrogens (tertiary/aromatic N) is 2. The van der Waals surface area contributed by atoms with E-state index in [4.69, 9.17) is 16.7 Å². The summed E-state index contributed by atoms with van der Waals surface area (Å²) in [5.41, 5.74) is 3.36. The number of alkyl halides is 1. The fourth-order valence-corrected chi connectivity index (χ4v) is 6.28. The first-order valence-corrected chi connectivity index (χ1v) is 14.2. The van der Waals surface area contributed by atoms with Crippen LogP contribution in [0.3, 0.4) is 0 Å². The van der Waals surface area contributed by atoms with Gasteiger partial charge in [-0.05, 0) is 55.7 Å². The van der Waals surface area contributed by atoms with Gasteiger partial charge in [0.2, 0.25) is 26.0 Å². The van der Waals surface area contributed by atoms with Crippen LogP contribution in [0.5, 0.6) is 0 Å². The maximum Gasteiger partial charge on any atom is 0.238 e. The molecule has 2 unspecified atom stereocenters. The molecule has 1 aliphatic rings. The molecule has 2 atom stereocenters. The van der Waals surface area contributed by atoms with Crippen molar-refractivity contribution < 1.29 is 16.8 Å². The number of hydrogen-bond donors (Lipinski definition) is 4. The third-order valence-electron chi connectivity index (χ3n) is 5.47. The lowest BCUT2D eigenvalue weighted by molar-refractivity contribution is 0.580. The molecule has 0 bridgehead atoms. The molecule has 1 saturated carbocycles. The molecule has 186 valence electrons. The Kier molecular flexibility index (Phi) is 7.02. The van der Waals surface area contributed by atoms with Gasteiger partial charge >= 0.3 is 0 Å². The van der Waals surface area contributed by atoms with Gasteiger partial charge in [0.05, 0.1) is 15.5 Å². The highest BCUT2D eigenvalue weighted by Crippen LogP contribution is 2.34. The van der Waals surface area contributed by atoms with Crippen LogP contribution in [-0.2, 0) is 26.6 Å². The number of sulfonamides is 2. The first-order chi connectivity index (χ1) is 16.4. The molecule has 13 heteroatoms. The number of primary sulfonamides is 1. The molecule has 1 fully saturated rings. The lowest BCUT2D eigenvalue weighted by Gasteiger charge is -2.13. The van der Waals surface area contributed by atoms with E-state index in [0.29, 0.717) is 23.5 Å². The summed E-state index contributed by atoms with van der Waals surface area (Å²) in [5.74, 6) is 0.822. The van der Waals surface area contributed by atoms with Gasteiger partial charge in [-0.25, -0.2) is 31.7 Å². The predicted molar refractivity (Wildman–Crippen MR) is 136 cm³/mol. The van der Waals surface area contributed by atoms with Gasteiger partial charge in [0.1, 0.15) is 5.82 Å². The molecule has 1 aliphatic carbocycles. The van der Waals surface area contributed by atoms with E-state index in [1.807, 2.05) is 31.2 Å². The van der Waals surface area contributed by atoms with E-state index in [0.717, 1.165) is 16.8 Å². The number of benzene rings is 2. The monoisotopic (exact) mass is 536 g/mol. The molecule has 0 radical (unpaired) electrons. The van der Waals surface area contributed by atoms with E-state index < -0.39 is 25.3 Å². The summed E-state index contributed by atoms with van der Waals surface area (Å²) in [6.07, 6.45) is 2.11. The van der Waals surface area contributed by atoms with Crippen LogP contribution in [0.4, 0.5) is 23.1 Å². The van der Waals surface area contributed by atoms with Crippen molar-refractivity contribution in [1.82, 2.24) is 14.7 Å². The van der Waals surface area contributed by atoms with Crippen molar-refractivity contribution in [2.45, 2.75) is 42.3 Å². The Labute approximate surface area is 209 Å². The molecule has 0 amide bonds. The summed E-state index contributed by atoms with van der Waals surface area (Å²) in [7, 11) is -7.27. The molecule has 4 rings (SSSR count). The first-order valence-electron chi connectivity index (χ1n) is 10.6. The van der Waals surface area contributed by atoms with Crippen molar-refractivity contribution in [2.24, 2.45) is 5.14 Å². The van der Waals surface area contributed by atoms with Crippen molar-refractivity contribution in [1.29, 1.82) is 0 Å². The zero-order chi connectivity index (χ0) is 25.4. The SMILES string of the molecule is Cc1ccc(Nc2ncc(C)c(Nc3ccc(CNS(=O)(=O)C4CC4Cl)cc3)n2)cc1S(N)(=O)=O. The minimum atomic E-state index is -3.86. The van der Waals surface area contributed by atoms with E-state index in [-0.39, 0.29) is 22.8 Å². The summed E-state index contributed by atoms with van der Waals surface area (Å²) >= 11 is 5.84. The van der Waals surface area contributed by atoms with Crippen LogP contribution in [-0.4, -0.2) is 37.4 Å². The van der Waals surface area contributed by atoms with Crippen LogP contribution >= 0.6 is 11.6 Å². The van der Waals surface area contributed by atoms with Crippen molar-refractivity contribution in [3.8, 4) is 0 Å². The van der Waals surface area contributed by atoms with E-state index in [9.17, 15) is 16.8 Å². The standard InChI is InChI=1S/C22H25ClN6O4S2/c1-13-3-6-17(9-19(13)34(24,30)31)28-22-25-11-14(2)21(29-22)27-16-7-4-15(5-8-16)12-26-35(32,33)20-10-18(20)23/h3-9,11,18,20,26H,10,12H2,1-2H3,(H2,24,30,31)(H2,25,27,28,29). The molecular formula is C22H25ClN6O4S2. The van der Waals surface area contributed by atoms with Crippen LogP contribution in [0.2, 0.25) is 0 Å². The predicted octanol–water partition coefficient (Wildman–Crippen LogP) is 3.03. The van der Waals surface area contributed by atoms with E-state index in [1.54, 1.807) is 25.3 Å². The third kappa shape index (κ3) is 6.27. The van der Waals surface area contributed by atoms with Crippen molar-refractivity contribution in [3.05, 3.63) is 65.4 Å². The molecular weight excluding hydrogens is 512 g/mol.